The Morgan fingerprint density at radius 1 is 0.469 bits per heavy atom. The quantitative estimate of drug-likeness (QED) is 0.395. The number of halogens is 10. The fourth-order valence-corrected chi connectivity index (χ4v) is 4.74. The lowest BCUT2D eigenvalue weighted by molar-refractivity contribution is -0.325. The van der Waals surface area contributed by atoms with E-state index >= 15 is 0 Å². The second kappa shape index (κ2) is 7.60. The monoisotopic (exact) mass is 518 g/mol. The molecule has 0 fully saturated rings. The zero-order valence-corrected chi connectivity index (χ0v) is 16.5. The van der Waals surface area contributed by atoms with E-state index in [1.54, 1.807) is 0 Å². The molecule has 0 aliphatic carbocycles. The Balaban J connectivity index is 2.66. The minimum absolute atomic E-state index is 0.0276. The molecule has 0 heterocycles. The van der Waals surface area contributed by atoms with Crippen LogP contribution in [0.1, 0.15) is 0 Å². The second-order valence-electron chi connectivity index (χ2n) is 6.10. The van der Waals surface area contributed by atoms with Gasteiger partial charge in [0.05, 0.1) is 9.79 Å². The molecule has 0 amide bonds. The van der Waals surface area contributed by atoms with Gasteiger partial charge in [-0.2, -0.15) is 35.1 Å². The van der Waals surface area contributed by atoms with Crippen molar-refractivity contribution in [1.29, 1.82) is 0 Å². The molecule has 16 heteroatoms. The molecular formula is C16H8F10O4S2. The first-order valence-corrected chi connectivity index (χ1v) is 10.7. The minimum Gasteiger partial charge on any atom is -0.217 e. The number of rotatable bonds is 7. The van der Waals surface area contributed by atoms with Crippen LogP contribution in [0.2, 0.25) is 0 Å². The van der Waals surface area contributed by atoms with Crippen LogP contribution < -0.4 is 0 Å². The Hall–Kier alpha value is -2.36. The SMILES string of the molecule is O=S(=O)(c1ccc(F)cc1)C(F)(F)C(F)(F)C(F)(F)C(F)(F)S(=O)(=O)c1ccc(F)cc1. The van der Waals surface area contributed by atoms with E-state index in [9.17, 15) is 60.7 Å². The highest BCUT2D eigenvalue weighted by Gasteiger charge is 2.87. The van der Waals surface area contributed by atoms with Gasteiger partial charge < -0.3 is 0 Å². The first-order valence-electron chi connectivity index (χ1n) is 7.77. The Kier molecular flexibility index (Phi) is 6.15. The highest BCUT2D eigenvalue weighted by molar-refractivity contribution is 7.93. The summed E-state index contributed by atoms with van der Waals surface area (Å²) in [7, 11) is -13.8. The summed E-state index contributed by atoms with van der Waals surface area (Å²) in [6.07, 6.45) is 0. The molecule has 0 atom stereocenters. The van der Waals surface area contributed by atoms with Crippen molar-refractivity contribution in [2.45, 2.75) is 32.1 Å². The van der Waals surface area contributed by atoms with Crippen molar-refractivity contribution in [2.75, 3.05) is 0 Å². The molecule has 0 aliphatic rings. The maximum atomic E-state index is 14.1. The molecule has 0 radical (unpaired) electrons. The maximum Gasteiger partial charge on any atom is 0.418 e. The minimum atomic E-state index is -7.51. The Morgan fingerprint density at radius 2 is 0.688 bits per heavy atom. The van der Waals surface area contributed by atoms with E-state index in [2.05, 4.69) is 0 Å². The normalized spacial score (nSPS) is 14.4. The van der Waals surface area contributed by atoms with Crippen LogP contribution in [0.15, 0.2) is 58.3 Å². The molecule has 4 nitrogen and oxygen atoms in total. The summed E-state index contributed by atoms with van der Waals surface area (Å²) in [5.41, 5.74) is 0. The Labute approximate surface area is 173 Å². The summed E-state index contributed by atoms with van der Waals surface area (Å²) in [6, 6.07) is 0.584. The zero-order valence-electron chi connectivity index (χ0n) is 14.8. The maximum absolute atomic E-state index is 14.1. The lowest BCUT2D eigenvalue weighted by atomic mass is 10.2. The molecule has 2 aromatic rings. The Bertz CT molecular complexity index is 1110. The topological polar surface area (TPSA) is 68.3 Å². The Morgan fingerprint density at radius 3 is 0.906 bits per heavy atom. The van der Waals surface area contributed by atoms with Gasteiger partial charge in [0.1, 0.15) is 11.6 Å². The van der Waals surface area contributed by atoms with Crippen molar-refractivity contribution < 1.29 is 60.7 Å². The smallest absolute Gasteiger partial charge is 0.217 e. The molecule has 2 rings (SSSR count). The first kappa shape index (κ1) is 25.9. The molecule has 178 valence electrons. The van der Waals surface area contributed by atoms with Gasteiger partial charge in [-0.25, -0.2) is 25.6 Å². The van der Waals surface area contributed by atoms with Crippen LogP contribution in [0, 0.1) is 11.6 Å². The van der Waals surface area contributed by atoms with E-state index < -0.39 is 63.5 Å². The van der Waals surface area contributed by atoms with Crippen molar-refractivity contribution in [3.63, 3.8) is 0 Å². The lowest BCUT2D eigenvalue weighted by Gasteiger charge is -2.35. The molecule has 0 aliphatic heterocycles. The summed E-state index contributed by atoms with van der Waals surface area (Å²) in [5, 5.41) is -14.0. The fraction of sp³-hybridized carbons (Fsp3) is 0.250. The number of sulfone groups is 2. The van der Waals surface area contributed by atoms with E-state index in [4.69, 9.17) is 0 Å². The zero-order chi connectivity index (χ0) is 25.0. The van der Waals surface area contributed by atoms with Gasteiger partial charge >= 0.3 is 22.4 Å². The van der Waals surface area contributed by atoms with Crippen molar-refractivity contribution in [3.05, 3.63) is 60.2 Å². The highest BCUT2D eigenvalue weighted by Crippen LogP contribution is 2.57. The van der Waals surface area contributed by atoms with Crippen LogP contribution >= 0.6 is 0 Å². The summed E-state index contributed by atoms with van der Waals surface area (Å²) >= 11 is 0. The molecule has 0 N–H and O–H groups in total. The molecule has 0 unspecified atom stereocenters. The molecule has 0 spiro atoms. The van der Waals surface area contributed by atoms with Gasteiger partial charge in [0, 0.05) is 0 Å². The molecule has 0 saturated heterocycles. The third-order valence-corrected chi connectivity index (χ3v) is 7.70. The third kappa shape index (κ3) is 3.52. The van der Waals surface area contributed by atoms with Gasteiger partial charge in [-0.15, -0.1) is 0 Å². The number of hydrogen-bond acceptors (Lipinski definition) is 4. The average Bonchev–Trinajstić information content (AvgIpc) is 2.67. The summed E-state index contributed by atoms with van der Waals surface area (Å²) in [5.74, 6) is -17.5. The van der Waals surface area contributed by atoms with Crippen LogP contribution in [0.3, 0.4) is 0 Å². The molecule has 0 aromatic heterocycles. The fourth-order valence-electron chi connectivity index (χ4n) is 2.23. The van der Waals surface area contributed by atoms with E-state index in [0.717, 1.165) is 0 Å². The van der Waals surface area contributed by atoms with Crippen LogP contribution in [-0.2, 0) is 19.7 Å². The molecular weight excluding hydrogens is 510 g/mol. The van der Waals surface area contributed by atoms with E-state index in [-0.39, 0.29) is 48.5 Å². The van der Waals surface area contributed by atoms with E-state index in [0.29, 0.717) is 0 Å². The van der Waals surface area contributed by atoms with Gasteiger partial charge in [-0.05, 0) is 48.5 Å². The van der Waals surface area contributed by atoms with Crippen LogP contribution in [0.25, 0.3) is 0 Å². The van der Waals surface area contributed by atoms with Gasteiger partial charge in [0.25, 0.3) is 0 Å². The van der Waals surface area contributed by atoms with E-state index in [1.165, 1.54) is 0 Å². The summed E-state index contributed by atoms with van der Waals surface area (Å²) in [4.78, 5) is -3.69. The average molecular weight is 518 g/mol. The van der Waals surface area contributed by atoms with Crippen molar-refractivity contribution >= 4 is 19.7 Å². The predicted molar refractivity (Wildman–Crippen MR) is 87.0 cm³/mol. The van der Waals surface area contributed by atoms with Gasteiger partial charge in [0.15, 0.2) is 0 Å². The lowest BCUT2D eigenvalue weighted by Crippen LogP contribution is -2.66. The standard InChI is InChI=1S/C16H8F10O4S2/c17-9-1-5-11(6-2-9)31(27,28)15(23,24)13(19,20)14(21,22)16(25,26)32(29,30)12-7-3-10(18)4-8-12/h1-8H. The predicted octanol–water partition coefficient (Wildman–Crippen LogP) is 4.67. The first-order chi connectivity index (χ1) is 14.2. The van der Waals surface area contributed by atoms with E-state index in [1.807, 2.05) is 0 Å². The van der Waals surface area contributed by atoms with Gasteiger partial charge in [-0.3, -0.25) is 0 Å². The largest absolute Gasteiger partial charge is 0.418 e. The van der Waals surface area contributed by atoms with Crippen molar-refractivity contribution in [1.82, 2.24) is 0 Å². The molecule has 0 saturated carbocycles. The molecule has 2 aromatic carbocycles. The molecule has 32 heavy (non-hydrogen) atoms. The van der Waals surface area contributed by atoms with Crippen LogP contribution in [0.5, 0.6) is 0 Å². The number of alkyl halides is 8. The van der Waals surface area contributed by atoms with Crippen LogP contribution in [-0.4, -0.2) is 39.2 Å². The highest BCUT2D eigenvalue weighted by atomic mass is 32.2. The molecule has 0 bridgehead atoms. The van der Waals surface area contributed by atoms with Gasteiger partial charge in [-0.1, -0.05) is 0 Å². The second-order valence-corrected chi connectivity index (χ2v) is 10.1. The van der Waals surface area contributed by atoms with Crippen molar-refractivity contribution in [3.8, 4) is 0 Å². The summed E-state index contributed by atoms with van der Waals surface area (Å²) < 4.78 is 186. The van der Waals surface area contributed by atoms with Gasteiger partial charge in [0.2, 0.25) is 19.7 Å². The number of hydrogen-bond donors (Lipinski definition) is 0. The van der Waals surface area contributed by atoms with Crippen molar-refractivity contribution in [2.24, 2.45) is 0 Å². The third-order valence-electron chi connectivity index (χ3n) is 4.05. The van der Waals surface area contributed by atoms with Crippen LogP contribution in [0.4, 0.5) is 43.9 Å². The summed E-state index contributed by atoms with van der Waals surface area (Å²) in [6.45, 7) is 0. The number of benzene rings is 2.